The molecule has 0 unspecified atom stereocenters. The lowest BCUT2D eigenvalue weighted by Crippen LogP contribution is -2.29. The van der Waals surface area contributed by atoms with E-state index < -0.39 is 0 Å². The molecule has 1 saturated heterocycles. The molecule has 0 bridgehead atoms. The zero-order valence-electron chi connectivity index (χ0n) is 23.0. The molecule has 6 nitrogen and oxygen atoms in total. The number of halogens is 2. The van der Waals surface area contributed by atoms with Gasteiger partial charge in [0.25, 0.3) is 0 Å². The highest BCUT2D eigenvalue weighted by Crippen LogP contribution is 2.45. The van der Waals surface area contributed by atoms with Gasteiger partial charge >= 0.3 is 0 Å². The number of hydrogen-bond donors (Lipinski definition) is 2. The van der Waals surface area contributed by atoms with Crippen molar-refractivity contribution in [3.8, 4) is 5.69 Å². The van der Waals surface area contributed by atoms with Crippen LogP contribution in [0.2, 0.25) is 10.0 Å². The number of amides is 1. The van der Waals surface area contributed by atoms with E-state index in [0.717, 1.165) is 39.6 Å². The minimum atomic E-state index is -0.214. The van der Waals surface area contributed by atoms with Gasteiger partial charge in [-0.3, -0.25) is 9.78 Å². The van der Waals surface area contributed by atoms with Gasteiger partial charge < -0.3 is 20.1 Å². The van der Waals surface area contributed by atoms with E-state index in [9.17, 15) is 4.79 Å². The van der Waals surface area contributed by atoms with Crippen molar-refractivity contribution in [2.24, 2.45) is 5.92 Å². The molecule has 3 heterocycles. The molecule has 0 saturated carbocycles. The van der Waals surface area contributed by atoms with Gasteiger partial charge in [-0.1, -0.05) is 49.2 Å². The molecule has 206 valence electrons. The number of hydrogen-bond acceptors (Lipinski definition) is 3. The van der Waals surface area contributed by atoms with Crippen LogP contribution >= 0.6 is 35.4 Å². The third kappa shape index (κ3) is 5.21. The topological polar surface area (TPSA) is 62.2 Å². The molecule has 1 fully saturated rings. The predicted molar refractivity (Wildman–Crippen MR) is 168 cm³/mol. The molecule has 1 aliphatic rings. The number of nitrogens with one attached hydrogen (secondary N) is 2. The average molecular weight is 593 g/mol. The van der Waals surface area contributed by atoms with E-state index >= 15 is 0 Å². The Balaban J connectivity index is 1.64. The molecule has 2 aromatic carbocycles. The van der Waals surface area contributed by atoms with Crippen LogP contribution in [0, 0.1) is 26.7 Å². The number of thiocarbonyl (C=S) groups is 1. The first kappa shape index (κ1) is 28.1. The lowest BCUT2D eigenvalue weighted by atomic mass is 9.96. The summed E-state index contributed by atoms with van der Waals surface area (Å²) in [5.41, 5.74) is 7.70. The lowest BCUT2D eigenvalue weighted by molar-refractivity contribution is -0.118. The Bertz CT molecular complexity index is 1600. The molecule has 2 atom stereocenters. The molecule has 9 heteroatoms. The Morgan fingerprint density at radius 1 is 1.05 bits per heavy atom. The number of carbonyl (C=O) groups is 1. The van der Waals surface area contributed by atoms with E-state index in [1.54, 1.807) is 6.20 Å². The van der Waals surface area contributed by atoms with Gasteiger partial charge in [0.2, 0.25) is 5.91 Å². The van der Waals surface area contributed by atoms with Gasteiger partial charge in [0.15, 0.2) is 5.11 Å². The second-order valence-corrected chi connectivity index (χ2v) is 11.6. The molecule has 2 aromatic heterocycles. The molecule has 40 heavy (non-hydrogen) atoms. The molecule has 2 N–H and O–H groups in total. The summed E-state index contributed by atoms with van der Waals surface area (Å²) in [5.74, 6) is -0.252. The van der Waals surface area contributed by atoms with Crippen molar-refractivity contribution in [3.63, 3.8) is 0 Å². The van der Waals surface area contributed by atoms with Crippen LogP contribution in [0.25, 0.3) is 5.69 Å². The van der Waals surface area contributed by atoms with E-state index in [1.807, 2.05) is 68.4 Å². The summed E-state index contributed by atoms with van der Waals surface area (Å²) in [6.07, 6.45) is 1.79. The molecule has 1 amide bonds. The van der Waals surface area contributed by atoms with E-state index in [2.05, 4.69) is 51.9 Å². The van der Waals surface area contributed by atoms with E-state index in [4.69, 9.17) is 35.4 Å². The van der Waals surface area contributed by atoms with Crippen LogP contribution in [0.15, 0.2) is 66.9 Å². The summed E-state index contributed by atoms with van der Waals surface area (Å²) in [6.45, 7) is 9.99. The average Bonchev–Trinajstić information content (AvgIpc) is 3.41. The minimum Gasteiger partial charge on any atom is -0.351 e. The maximum absolute atomic E-state index is 12.3. The van der Waals surface area contributed by atoms with E-state index in [0.29, 0.717) is 20.8 Å². The van der Waals surface area contributed by atoms with Gasteiger partial charge in [0.1, 0.15) is 0 Å². The quantitative estimate of drug-likeness (QED) is 0.223. The third-order valence-corrected chi connectivity index (χ3v) is 8.17. The fraction of sp³-hybridized carbons (Fsp3) is 0.258. The van der Waals surface area contributed by atoms with Crippen molar-refractivity contribution in [3.05, 3.63) is 105 Å². The van der Waals surface area contributed by atoms with Crippen molar-refractivity contribution >= 4 is 57.8 Å². The van der Waals surface area contributed by atoms with Gasteiger partial charge in [0, 0.05) is 39.9 Å². The number of pyridine rings is 1. The molecule has 4 aromatic rings. The van der Waals surface area contributed by atoms with E-state index in [-0.39, 0.29) is 23.9 Å². The number of anilines is 2. The van der Waals surface area contributed by atoms with Crippen LogP contribution in [0.1, 0.15) is 54.1 Å². The summed E-state index contributed by atoms with van der Waals surface area (Å²) >= 11 is 19.0. The molecule has 5 rings (SSSR count). The highest BCUT2D eigenvalue weighted by Gasteiger charge is 2.42. The smallest absolute Gasteiger partial charge is 0.226 e. The first-order chi connectivity index (χ1) is 19.1. The molecule has 1 aliphatic heterocycles. The Morgan fingerprint density at radius 3 is 2.50 bits per heavy atom. The minimum absolute atomic E-state index is 0.0927. The summed E-state index contributed by atoms with van der Waals surface area (Å²) in [7, 11) is 0. The standard InChI is InChI=1S/C31H31Cl2N5OS/c1-17(2)30(39)35-25-12-11-22(16-24(25)33)38-29(28(36-31(38)40)26-8-6-7-13-34-26)23-14-19(4)37(20(23)5)27-15-21(32)10-9-18(27)3/h6-17,28-29H,1-5H3,(H,35,39)(H,36,40)/t28-,29-/m0/s1. The summed E-state index contributed by atoms with van der Waals surface area (Å²) in [4.78, 5) is 19.1. The third-order valence-electron chi connectivity index (χ3n) is 7.31. The Hall–Kier alpha value is -3.39. The highest BCUT2D eigenvalue weighted by atomic mass is 35.5. The van der Waals surface area contributed by atoms with Crippen molar-refractivity contribution in [2.45, 2.75) is 46.7 Å². The Kier molecular flexibility index (Phi) is 7.91. The van der Waals surface area contributed by atoms with Gasteiger partial charge in [0.05, 0.1) is 28.5 Å². The Labute approximate surface area is 250 Å². The highest BCUT2D eigenvalue weighted by molar-refractivity contribution is 7.80. The van der Waals surface area contributed by atoms with Crippen LogP contribution in [0.4, 0.5) is 11.4 Å². The number of benzene rings is 2. The van der Waals surface area contributed by atoms with Crippen molar-refractivity contribution in [1.82, 2.24) is 14.9 Å². The molecule has 0 radical (unpaired) electrons. The monoisotopic (exact) mass is 591 g/mol. The number of rotatable bonds is 6. The first-order valence-corrected chi connectivity index (χ1v) is 14.3. The zero-order valence-corrected chi connectivity index (χ0v) is 25.3. The van der Waals surface area contributed by atoms with Crippen LogP contribution in [0.3, 0.4) is 0 Å². The van der Waals surface area contributed by atoms with E-state index in [1.165, 1.54) is 0 Å². The first-order valence-electron chi connectivity index (χ1n) is 13.1. The fourth-order valence-electron chi connectivity index (χ4n) is 5.26. The number of aromatic nitrogens is 2. The second kappa shape index (κ2) is 11.2. The van der Waals surface area contributed by atoms with Crippen LogP contribution in [-0.4, -0.2) is 20.6 Å². The largest absolute Gasteiger partial charge is 0.351 e. The predicted octanol–water partition coefficient (Wildman–Crippen LogP) is 7.88. The maximum atomic E-state index is 12.3. The van der Waals surface area contributed by atoms with Crippen LogP contribution in [-0.2, 0) is 4.79 Å². The van der Waals surface area contributed by atoms with Gasteiger partial charge in [-0.25, -0.2) is 0 Å². The number of carbonyl (C=O) groups excluding carboxylic acids is 1. The van der Waals surface area contributed by atoms with Crippen LogP contribution < -0.4 is 15.5 Å². The molecule has 0 aliphatic carbocycles. The number of nitrogens with zero attached hydrogens (tertiary/aromatic N) is 3. The normalized spacial score (nSPS) is 16.9. The molecular formula is C31H31Cl2N5OS. The molecular weight excluding hydrogens is 561 g/mol. The van der Waals surface area contributed by atoms with Gasteiger partial charge in [-0.2, -0.15) is 0 Å². The molecule has 0 spiro atoms. The lowest BCUT2D eigenvalue weighted by Gasteiger charge is -2.28. The summed E-state index contributed by atoms with van der Waals surface area (Å²) in [6, 6.07) is 19.2. The second-order valence-electron chi connectivity index (χ2n) is 10.4. The van der Waals surface area contributed by atoms with Crippen molar-refractivity contribution in [1.29, 1.82) is 0 Å². The Morgan fingerprint density at radius 2 is 1.82 bits per heavy atom. The van der Waals surface area contributed by atoms with Crippen molar-refractivity contribution < 1.29 is 4.79 Å². The van der Waals surface area contributed by atoms with Crippen LogP contribution in [0.5, 0.6) is 0 Å². The van der Waals surface area contributed by atoms with Gasteiger partial charge in [-0.15, -0.1) is 0 Å². The number of aryl methyl sites for hydroxylation is 2. The SMILES string of the molecule is Cc1ccc(Cl)cc1-n1c(C)cc([C@H]2[C@H](c3ccccn3)NC(=S)N2c2ccc(NC(=O)C(C)C)c(Cl)c2)c1C. The summed E-state index contributed by atoms with van der Waals surface area (Å²) < 4.78 is 2.24. The maximum Gasteiger partial charge on any atom is 0.226 e. The van der Waals surface area contributed by atoms with Gasteiger partial charge in [-0.05, 0) is 92.6 Å². The summed E-state index contributed by atoms with van der Waals surface area (Å²) in [5, 5.41) is 8.11. The van der Waals surface area contributed by atoms with Crippen molar-refractivity contribution in [2.75, 3.05) is 10.2 Å². The zero-order chi connectivity index (χ0) is 28.7. The fourth-order valence-corrected chi connectivity index (χ4v) is 6.00.